The summed E-state index contributed by atoms with van der Waals surface area (Å²) < 4.78 is 26.4. The molecule has 1 aromatic heterocycles. The summed E-state index contributed by atoms with van der Waals surface area (Å²) in [5.74, 6) is -0.897. The van der Waals surface area contributed by atoms with E-state index in [0.717, 1.165) is 31.2 Å². The molecule has 0 aliphatic heterocycles. The Bertz CT molecular complexity index is 576. The van der Waals surface area contributed by atoms with Crippen LogP contribution >= 0.6 is 0 Å². The minimum absolute atomic E-state index is 0.0587. The number of hydrogen-bond donors (Lipinski definition) is 2. The fourth-order valence-electron chi connectivity index (χ4n) is 3.21. The molecule has 1 saturated carbocycles. The quantitative estimate of drug-likeness (QED) is 0.905. The first kappa shape index (κ1) is 13.5. The second-order valence-electron chi connectivity index (χ2n) is 5.73. The van der Waals surface area contributed by atoms with Gasteiger partial charge in [0.15, 0.2) is 11.6 Å². The van der Waals surface area contributed by atoms with Crippen LogP contribution in [0.4, 0.5) is 8.78 Å². The average Bonchev–Trinajstić information content (AvgIpc) is 2.81. The number of nitrogens with zero attached hydrogens (tertiary/aromatic N) is 1. The molecule has 2 aromatic rings. The van der Waals surface area contributed by atoms with Crippen LogP contribution in [0.2, 0.25) is 0 Å². The number of fused-ring (bicyclic) bond motifs is 1. The van der Waals surface area contributed by atoms with Gasteiger partial charge in [-0.2, -0.15) is 0 Å². The first-order chi connectivity index (χ1) is 9.62. The minimum Gasteiger partial charge on any atom is -0.342 e. The predicted octanol–water partition coefficient (Wildman–Crippen LogP) is 3.31. The Morgan fingerprint density at radius 3 is 2.60 bits per heavy atom. The van der Waals surface area contributed by atoms with Crippen molar-refractivity contribution >= 4 is 11.0 Å². The molecular weight excluding hydrogens is 260 g/mol. The average molecular weight is 279 g/mol. The van der Waals surface area contributed by atoms with Gasteiger partial charge in [-0.3, -0.25) is 0 Å². The van der Waals surface area contributed by atoms with Crippen molar-refractivity contribution in [3.8, 4) is 0 Å². The fraction of sp³-hybridized carbons (Fsp3) is 0.533. The maximum Gasteiger partial charge on any atom is 0.161 e. The van der Waals surface area contributed by atoms with Crippen molar-refractivity contribution in [1.82, 2.24) is 15.3 Å². The lowest BCUT2D eigenvalue weighted by molar-refractivity contribution is 0.241. The Labute approximate surface area is 116 Å². The molecule has 2 N–H and O–H groups in total. The van der Waals surface area contributed by atoms with Crippen LogP contribution in [0.5, 0.6) is 0 Å². The maximum atomic E-state index is 13.2. The Kier molecular flexibility index (Phi) is 3.46. The number of likely N-dealkylation sites (N-methyl/N-ethyl adjacent to an activating group) is 1. The van der Waals surface area contributed by atoms with Gasteiger partial charge in [0.1, 0.15) is 5.82 Å². The number of halogens is 2. The Morgan fingerprint density at radius 2 is 1.90 bits per heavy atom. The zero-order chi connectivity index (χ0) is 14.2. The third-order valence-electron chi connectivity index (χ3n) is 4.42. The van der Waals surface area contributed by atoms with Crippen LogP contribution in [0.1, 0.15) is 37.9 Å². The summed E-state index contributed by atoms with van der Waals surface area (Å²) in [6.45, 7) is 0. The standard InChI is InChI=1S/C15H19F2N3/c1-18-15(5-3-2-4-6-15)9-14-19-12-7-10(16)11(17)8-13(12)20-14/h7-8,18H,2-6,9H2,1H3,(H,19,20). The molecule has 1 fully saturated rings. The normalized spacial score (nSPS) is 18.6. The van der Waals surface area contributed by atoms with E-state index in [-0.39, 0.29) is 5.54 Å². The van der Waals surface area contributed by atoms with E-state index in [4.69, 9.17) is 0 Å². The van der Waals surface area contributed by atoms with Gasteiger partial charge in [-0.05, 0) is 19.9 Å². The van der Waals surface area contributed by atoms with Crippen molar-refractivity contribution < 1.29 is 8.78 Å². The maximum absolute atomic E-state index is 13.2. The Balaban J connectivity index is 1.90. The van der Waals surface area contributed by atoms with Crippen LogP contribution in [-0.4, -0.2) is 22.6 Å². The highest BCUT2D eigenvalue weighted by Gasteiger charge is 2.31. The molecule has 1 aromatic carbocycles. The topological polar surface area (TPSA) is 40.7 Å². The predicted molar refractivity (Wildman–Crippen MR) is 74.6 cm³/mol. The van der Waals surface area contributed by atoms with Crippen LogP contribution in [0.25, 0.3) is 11.0 Å². The fourth-order valence-corrected chi connectivity index (χ4v) is 3.21. The van der Waals surface area contributed by atoms with E-state index in [0.29, 0.717) is 11.0 Å². The van der Waals surface area contributed by atoms with E-state index in [1.165, 1.54) is 25.3 Å². The van der Waals surface area contributed by atoms with Crippen molar-refractivity contribution in [2.75, 3.05) is 7.05 Å². The lowest BCUT2D eigenvalue weighted by Gasteiger charge is -2.36. The summed E-state index contributed by atoms with van der Waals surface area (Å²) >= 11 is 0. The third-order valence-corrected chi connectivity index (χ3v) is 4.42. The highest BCUT2D eigenvalue weighted by atomic mass is 19.2. The second kappa shape index (κ2) is 5.13. The molecule has 1 aliphatic rings. The second-order valence-corrected chi connectivity index (χ2v) is 5.73. The first-order valence-corrected chi connectivity index (χ1v) is 7.14. The number of rotatable bonds is 3. The number of H-pyrrole nitrogens is 1. The molecular formula is C15H19F2N3. The molecule has 20 heavy (non-hydrogen) atoms. The highest BCUT2D eigenvalue weighted by molar-refractivity contribution is 5.75. The Morgan fingerprint density at radius 1 is 1.20 bits per heavy atom. The summed E-state index contributed by atoms with van der Waals surface area (Å²) in [5, 5.41) is 3.42. The van der Waals surface area contributed by atoms with Crippen molar-refractivity contribution in [3.05, 3.63) is 29.6 Å². The molecule has 0 amide bonds. The van der Waals surface area contributed by atoms with Gasteiger partial charge in [0, 0.05) is 24.1 Å². The van der Waals surface area contributed by atoms with E-state index in [2.05, 4.69) is 15.3 Å². The summed E-state index contributed by atoms with van der Waals surface area (Å²) in [4.78, 5) is 7.51. The third kappa shape index (κ3) is 2.42. The molecule has 1 heterocycles. The summed E-state index contributed by atoms with van der Waals surface area (Å²) in [6, 6.07) is 2.33. The molecule has 5 heteroatoms. The summed E-state index contributed by atoms with van der Waals surface area (Å²) in [6.07, 6.45) is 6.70. The Hall–Kier alpha value is -1.49. The summed E-state index contributed by atoms with van der Waals surface area (Å²) in [5.41, 5.74) is 1.10. The zero-order valence-corrected chi connectivity index (χ0v) is 11.6. The van der Waals surface area contributed by atoms with E-state index >= 15 is 0 Å². The van der Waals surface area contributed by atoms with Crippen molar-refractivity contribution in [3.63, 3.8) is 0 Å². The molecule has 0 spiro atoms. The van der Waals surface area contributed by atoms with Crippen LogP contribution in [0.3, 0.4) is 0 Å². The number of nitrogens with one attached hydrogen (secondary N) is 2. The molecule has 0 unspecified atom stereocenters. The van der Waals surface area contributed by atoms with Crippen molar-refractivity contribution in [2.45, 2.75) is 44.1 Å². The van der Waals surface area contributed by atoms with Gasteiger partial charge in [0.05, 0.1) is 11.0 Å². The number of benzene rings is 1. The molecule has 3 rings (SSSR count). The van der Waals surface area contributed by atoms with Crippen LogP contribution < -0.4 is 5.32 Å². The first-order valence-electron chi connectivity index (χ1n) is 7.14. The highest BCUT2D eigenvalue weighted by Crippen LogP contribution is 2.31. The SMILES string of the molecule is CNC1(Cc2nc3cc(F)c(F)cc3[nH]2)CCCCC1. The summed E-state index contributed by atoms with van der Waals surface area (Å²) in [7, 11) is 1.98. The smallest absolute Gasteiger partial charge is 0.161 e. The van der Waals surface area contributed by atoms with E-state index in [9.17, 15) is 8.78 Å². The van der Waals surface area contributed by atoms with Gasteiger partial charge in [0.2, 0.25) is 0 Å². The number of imidazole rings is 1. The van der Waals surface area contributed by atoms with Gasteiger partial charge in [-0.1, -0.05) is 19.3 Å². The molecule has 3 nitrogen and oxygen atoms in total. The van der Waals surface area contributed by atoms with Crippen LogP contribution in [-0.2, 0) is 6.42 Å². The van der Waals surface area contributed by atoms with Gasteiger partial charge in [-0.15, -0.1) is 0 Å². The molecule has 0 atom stereocenters. The largest absolute Gasteiger partial charge is 0.342 e. The molecule has 0 radical (unpaired) electrons. The van der Waals surface area contributed by atoms with Crippen molar-refractivity contribution in [2.24, 2.45) is 0 Å². The van der Waals surface area contributed by atoms with Crippen LogP contribution in [0.15, 0.2) is 12.1 Å². The van der Waals surface area contributed by atoms with Gasteiger partial charge in [0.25, 0.3) is 0 Å². The lowest BCUT2D eigenvalue weighted by atomic mass is 9.79. The van der Waals surface area contributed by atoms with Gasteiger partial charge >= 0.3 is 0 Å². The molecule has 1 aliphatic carbocycles. The monoisotopic (exact) mass is 279 g/mol. The zero-order valence-electron chi connectivity index (χ0n) is 11.6. The number of hydrogen-bond acceptors (Lipinski definition) is 2. The van der Waals surface area contributed by atoms with Gasteiger partial charge in [-0.25, -0.2) is 13.8 Å². The minimum atomic E-state index is -0.850. The van der Waals surface area contributed by atoms with E-state index in [1.54, 1.807) is 0 Å². The molecule has 0 bridgehead atoms. The molecule has 0 saturated heterocycles. The van der Waals surface area contributed by atoms with E-state index in [1.807, 2.05) is 7.05 Å². The molecule has 108 valence electrons. The van der Waals surface area contributed by atoms with E-state index < -0.39 is 11.6 Å². The van der Waals surface area contributed by atoms with Crippen LogP contribution in [0, 0.1) is 11.6 Å². The van der Waals surface area contributed by atoms with Gasteiger partial charge < -0.3 is 10.3 Å². The number of aromatic nitrogens is 2. The number of aromatic amines is 1. The lowest BCUT2D eigenvalue weighted by Crippen LogP contribution is -2.46. The van der Waals surface area contributed by atoms with Crippen molar-refractivity contribution in [1.29, 1.82) is 0 Å².